The molecule has 0 heterocycles. The summed E-state index contributed by atoms with van der Waals surface area (Å²) in [6.45, 7) is 0. The standard InChI is InChI=1S/C16H21NOS/c18-16(13-8-6-7-9-13)15(12-19)17-14-10-4-2-1-3-5-11-14/h1-5,10-11,13,15,17,19H,6-9,12H2/b2-1-,3-1?,4-2?,5-3-,10-4-,11-5?,14-10?,14-11+/t15-/m0/s1. The highest BCUT2D eigenvalue weighted by Gasteiger charge is 2.28. The summed E-state index contributed by atoms with van der Waals surface area (Å²) < 4.78 is 0. The second-order valence-corrected chi connectivity index (χ2v) is 5.38. The van der Waals surface area contributed by atoms with Crippen molar-refractivity contribution in [3.63, 3.8) is 0 Å². The molecule has 0 aromatic rings. The third-order valence-corrected chi connectivity index (χ3v) is 3.99. The lowest BCUT2D eigenvalue weighted by Crippen LogP contribution is -2.40. The number of Topliss-reactive ketones (excluding diaryl/α,β-unsaturated/α-hetero) is 1. The largest absolute Gasteiger partial charge is 0.375 e. The summed E-state index contributed by atoms with van der Waals surface area (Å²) in [5, 5.41) is 3.31. The van der Waals surface area contributed by atoms with E-state index in [1.165, 1.54) is 12.8 Å². The Labute approximate surface area is 120 Å². The van der Waals surface area contributed by atoms with Crippen LogP contribution in [0, 0.1) is 5.92 Å². The SMILES string of the molecule is O=C(C1CCCC1)[C@H](CS)NC1=C/C=C\C=C/C=C\1. The van der Waals surface area contributed by atoms with Gasteiger partial charge in [-0.3, -0.25) is 4.79 Å². The van der Waals surface area contributed by atoms with Crippen LogP contribution in [0.25, 0.3) is 0 Å². The van der Waals surface area contributed by atoms with Crippen molar-refractivity contribution in [2.24, 2.45) is 5.92 Å². The number of ketones is 1. The van der Waals surface area contributed by atoms with Crippen LogP contribution < -0.4 is 5.32 Å². The third-order valence-electron chi connectivity index (χ3n) is 3.62. The maximum atomic E-state index is 12.4. The highest BCUT2D eigenvalue weighted by molar-refractivity contribution is 7.80. The summed E-state index contributed by atoms with van der Waals surface area (Å²) >= 11 is 4.33. The van der Waals surface area contributed by atoms with Gasteiger partial charge in [0, 0.05) is 17.4 Å². The van der Waals surface area contributed by atoms with Crippen molar-refractivity contribution in [2.75, 3.05) is 5.75 Å². The first-order valence-electron chi connectivity index (χ1n) is 6.94. The molecule has 1 fully saturated rings. The van der Waals surface area contributed by atoms with Gasteiger partial charge in [-0.2, -0.15) is 12.6 Å². The van der Waals surface area contributed by atoms with Crippen molar-refractivity contribution >= 4 is 18.4 Å². The molecule has 0 radical (unpaired) electrons. The zero-order valence-electron chi connectivity index (χ0n) is 11.1. The fourth-order valence-electron chi connectivity index (χ4n) is 2.57. The summed E-state index contributed by atoms with van der Waals surface area (Å²) in [7, 11) is 0. The van der Waals surface area contributed by atoms with E-state index < -0.39 is 0 Å². The van der Waals surface area contributed by atoms with Crippen LogP contribution in [0.1, 0.15) is 25.7 Å². The predicted molar refractivity (Wildman–Crippen MR) is 83.2 cm³/mol. The topological polar surface area (TPSA) is 29.1 Å². The van der Waals surface area contributed by atoms with Gasteiger partial charge in [0.1, 0.15) is 0 Å². The van der Waals surface area contributed by atoms with Gasteiger partial charge in [-0.1, -0.05) is 43.2 Å². The first-order chi connectivity index (χ1) is 9.31. The van der Waals surface area contributed by atoms with Crippen LogP contribution >= 0.6 is 12.6 Å². The number of nitrogens with one attached hydrogen (secondary N) is 1. The van der Waals surface area contributed by atoms with Gasteiger partial charge in [0.15, 0.2) is 5.78 Å². The molecule has 2 rings (SSSR count). The monoisotopic (exact) mass is 275 g/mol. The summed E-state index contributed by atoms with van der Waals surface area (Å²) in [6.07, 6.45) is 18.3. The smallest absolute Gasteiger partial charge is 0.158 e. The highest BCUT2D eigenvalue weighted by Crippen LogP contribution is 2.26. The van der Waals surface area contributed by atoms with Gasteiger partial charge < -0.3 is 5.32 Å². The van der Waals surface area contributed by atoms with Gasteiger partial charge in [0.25, 0.3) is 0 Å². The van der Waals surface area contributed by atoms with Gasteiger partial charge in [-0.15, -0.1) is 0 Å². The lowest BCUT2D eigenvalue weighted by Gasteiger charge is -2.20. The first-order valence-corrected chi connectivity index (χ1v) is 7.57. The van der Waals surface area contributed by atoms with E-state index in [2.05, 4.69) is 17.9 Å². The van der Waals surface area contributed by atoms with Crippen LogP contribution in [0.4, 0.5) is 0 Å². The molecule has 0 spiro atoms. The van der Waals surface area contributed by atoms with Gasteiger partial charge in [0.05, 0.1) is 6.04 Å². The molecule has 1 atom stereocenters. The van der Waals surface area contributed by atoms with Crippen LogP contribution in [0.3, 0.4) is 0 Å². The zero-order valence-corrected chi connectivity index (χ0v) is 12.0. The van der Waals surface area contributed by atoms with E-state index in [9.17, 15) is 4.79 Å². The van der Waals surface area contributed by atoms with Crippen molar-refractivity contribution in [3.8, 4) is 0 Å². The molecule has 0 unspecified atom stereocenters. The number of thiol groups is 1. The van der Waals surface area contributed by atoms with Gasteiger partial charge >= 0.3 is 0 Å². The van der Waals surface area contributed by atoms with Gasteiger partial charge in [-0.05, 0) is 25.0 Å². The minimum absolute atomic E-state index is 0.181. The van der Waals surface area contributed by atoms with E-state index in [1.54, 1.807) is 0 Å². The minimum atomic E-state index is -0.181. The number of carbonyl (C=O) groups excluding carboxylic acids is 1. The first kappa shape index (κ1) is 14.2. The number of allylic oxidation sites excluding steroid dienone is 7. The normalized spacial score (nSPS) is 28.6. The summed E-state index contributed by atoms with van der Waals surface area (Å²) in [5.41, 5.74) is 0.964. The Morgan fingerprint density at radius 3 is 2.63 bits per heavy atom. The molecule has 2 aliphatic carbocycles. The van der Waals surface area contributed by atoms with Crippen LogP contribution in [0.15, 0.2) is 48.2 Å². The number of hydrogen-bond acceptors (Lipinski definition) is 3. The summed E-state index contributed by atoms with van der Waals surface area (Å²) in [5.74, 6) is 1.10. The molecular weight excluding hydrogens is 254 g/mol. The van der Waals surface area contributed by atoms with E-state index >= 15 is 0 Å². The van der Waals surface area contributed by atoms with Crippen LogP contribution in [-0.4, -0.2) is 17.6 Å². The quantitative estimate of drug-likeness (QED) is 0.754. The second-order valence-electron chi connectivity index (χ2n) is 5.01. The van der Waals surface area contributed by atoms with Crippen molar-refractivity contribution in [1.29, 1.82) is 0 Å². The van der Waals surface area contributed by atoms with Gasteiger partial charge in [0.2, 0.25) is 0 Å². The molecule has 102 valence electrons. The summed E-state index contributed by atoms with van der Waals surface area (Å²) in [6, 6.07) is -0.181. The molecule has 2 aliphatic rings. The molecule has 0 aliphatic heterocycles. The number of rotatable bonds is 5. The Bertz CT molecular complexity index is 428. The average Bonchev–Trinajstić information content (AvgIpc) is 2.91. The highest BCUT2D eigenvalue weighted by atomic mass is 32.1. The average molecular weight is 275 g/mol. The lowest BCUT2D eigenvalue weighted by molar-refractivity contribution is -0.124. The summed E-state index contributed by atoms with van der Waals surface area (Å²) in [4.78, 5) is 12.4. The Balaban J connectivity index is 1.99. The lowest BCUT2D eigenvalue weighted by atomic mass is 9.97. The van der Waals surface area contributed by atoms with Crippen LogP contribution in [-0.2, 0) is 4.79 Å². The maximum Gasteiger partial charge on any atom is 0.158 e. The predicted octanol–water partition coefficient (Wildman–Crippen LogP) is 3.20. The molecule has 3 heteroatoms. The van der Waals surface area contributed by atoms with Crippen LogP contribution in [0.2, 0.25) is 0 Å². The number of hydrogen-bond donors (Lipinski definition) is 2. The molecule has 1 saturated carbocycles. The molecule has 19 heavy (non-hydrogen) atoms. The fraction of sp³-hybridized carbons (Fsp3) is 0.438. The third kappa shape index (κ3) is 4.13. The Morgan fingerprint density at radius 2 is 1.89 bits per heavy atom. The number of carbonyl (C=O) groups is 1. The van der Waals surface area contributed by atoms with Crippen molar-refractivity contribution < 1.29 is 4.79 Å². The van der Waals surface area contributed by atoms with E-state index in [1.807, 2.05) is 42.5 Å². The van der Waals surface area contributed by atoms with Crippen molar-refractivity contribution in [1.82, 2.24) is 5.32 Å². The van der Waals surface area contributed by atoms with E-state index in [-0.39, 0.29) is 12.0 Å². The van der Waals surface area contributed by atoms with Crippen LogP contribution in [0.5, 0.6) is 0 Å². The molecule has 0 aromatic heterocycles. The molecule has 0 bridgehead atoms. The van der Waals surface area contributed by atoms with Gasteiger partial charge in [-0.25, -0.2) is 0 Å². The van der Waals surface area contributed by atoms with Crippen molar-refractivity contribution in [3.05, 3.63) is 48.2 Å². The zero-order chi connectivity index (χ0) is 13.5. The second kappa shape index (κ2) is 7.39. The molecule has 0 saturated heterocycles. The van der Waals surface area contributed by atoms with Crippen molar-refractivity contribution in [2.45, 2.75) is 31.7 Å². The fourth-order valence-corrected chi connectivity index (χ4v) is 2.84. The molecular formula is C16H21NOS. The minimum Gasteiger partial charge on any atom is -0.375 e. The molecule has 1 N–H and O–H groups in total. The Hall–Kier alpha value is -1.22. The Kier molecular flexibility index (Phi) is 5.52. The molecule has 2 nitrogen and oxygen atoms in total. The molecule has 0 amide bonds. The van der Waals surface area contributed by atoms with E-state index in [4.69, 9.17) is 0 Å². The van der Waals surface area contributed by atoms with E-state index in [0.717, 1.165) is 18.5 Å². The maximum absolute atomic E-state index is 12.4. The molecule has 0 aromatic carbocycles. The Morgan fingerprint density at radius 1 is 1.21 bits per heavy atom. The van der Waals surface area contributed by atoms with E-state index in [0.29, 0.717) is 11.5 Å².